The number of fused-ring (bicyclic) bond motifs is 1. The first-order valence-electron chi connectivity index (χ1n) is 11.2. The summed E-state index contributed by atoms with van der Waals surface area (Å²) in [6.07, 6.45) is 2.75. The van der Waals surface area contributed by atoms with Gasteiger partial charge in [-0.1, -0.05) is 60.7 Å². The van der Waals surface area contributed by atoms with Crippen LogP contribution in [0.15, 0.2) is 60.7 Å². The first kappa shape index (κ1) is 22.0. The predicted molar refractivity (Wildman–Crippen MR) is 121 cm³/mol. The van der Waals surface area contributed by atoms with E-state index in [0.717, 1.165) is 24.0 Å². The van der Waals surface area contributed by atoms with Crippen molar-refractivity contribution in [3.8, 4) is 0 Å². The molecule has 1 unspecified atom stereocenters. The monoisotopic (exact) mass is 434 g/mol. The van der Waals surface area contributed by atoms with Gasteiger partial charge in [-0.05, 0) is 43.7 Å². The number of hydrogen-bond donors (Lipinski definition) is 3. The van der Waals surface area contributed by atoms with E-state index in [1.807, 2.05) is 60.7 Å². The number of carbonyl (C=O) groups excluding carboxylic acids is 3. The SMILES string of the molecule is C[C@H](N)C(=O)N[C@H]1CCC2CC[C@@H](C(=O)NC(c3ccccc3)c3ccccc3)N2C1=O. The number of benzene rings is 2. The minimum Gasteiger partial charge on any atom is -0.343 e. The Balaban J connectivity index is 1.53. The molecule has 0 spiro atoms. The summed E-state index contributed by atoms with van der Waals surface area (Å²) < 4.78 is 0. The van der Waals surface area contributed by atoms with Crippen LogP contribution >= 0.6 is 0 Å². The van der Waals surface area contributed by atoms with Gasteiger partial charge in [-0.25, -0.2) is 0 Å². The van der Waals surface area contributed by atoms with Crippen LogP contribution in [-0.4, -0.2) is 46.8 Å². The normalized spacial score (nSPS) is 23.5. The highest BCUT2D eigenvalue weighted by atomic mass is 16.2. The Bertz CT molecular complexity index is 924. The molecule has 4 rings (SSSR count). The molecule has 0 bridgehead atoms. The van der Waals surface area contributed by atoms with Crippen molar-refractivity contribution in [1.82, 2.24) is 15.5 Å². The van der Waals surface area contributed by atoms with Crippen LogP contribution in [0.3, 0.4) is 0 Å². The number of amides is 3. The maximum absolute atomic E-state index is 13.4. The van der Waals surface area contributed by atoms with E-state index in [1.54, 1.807) is 11.8 Å². The third-order valence-corrected chi connectivity index (χ3v) is 6.43. The Morgan fingerprint density at radius 2 is 1.50 bits per heavy atom. The average Bonchev–Trinajstić information content (AvgIpc) is 3.25. The largest absolute Gasteiger partial charge is 0.343 e. The van der Waals surface area contributed by atoms with Gasteiger partial charge in [0, 0.05) is 6.04 Å². The molecule has 2 aliphatic rings. The van der Waals surface area contributed by atoms with Gasteiger partial charge in [0.05, 0.1) is 12.1 Å². The summed E-state index contributed by atoms with van der Waals surface area (Å²) in [5.74, 6) is -0.711. The van der Waals surface area contributed by atoms with Gasteiger partial charge in [0.1, 0.15) is 12.1 Å². The Morgan fingerprint density at radius 3 is 2.06 bits per heavy atom. The molecule has 2 aromatic carbocycles. The average molecular weight is 435 g/mol. The summed E-state index contributed by atoms with van der Waals surface area (Å²) in [4.78, 5) is 40.4. The van der Waals surface area contributed by atoms with Crippen molar-refractivity contribution in [3.05, 3.63) is 71.8 Å². The quantitative estimate of drug-likeness (QED) is 0.646. The number of hydrogen-bond acceptors (Lipinski definition) is 4. The molecule has 2 fully saturated rings. The highest BCUT2D eigenvalue weighted by Crippen LogP contribution is 2.33. The van der Waals surface area contributed by atoms with Crippen LogP contribution in [0, 0.1) is 0 Å². The van der Waals surface area contributed by atoms with Gasteiger partial charge >= 0.3 is 0 Å². The minimum atomic E-state index is -0.685. The number of carbonyl (C=O) groups is 3. The van der Waals surface area contributed by atoms with E-state index in [4.69, 9.17) is 5.73 Å². The Labute approximate surface area is 188 Å². The van der Waals surface area contributed by atoms with E-state index in [9.17, 15) is 14.4 Å². The molecule has 2 aromatic rings. The fourth-order valence-corrected chi connectivity index (χ4v) is 4.75. The first-order chi connectivity index (χ1) is 15.5. The molecule has 4 atom stereocenters. The standard InChI is InChI=1S/C25H30N4O3/c1-16(26)23(30)27-20-14-12-19-13-15-21(29(19)25(20)32)24(31)28-22(17-8-4-2-5-9-17)18-10-6-3-7-11-18/h2-11,16,19-22H,12-15,26H2,1H3,(H,27,30)(H,28,31)/t16-,19?,20-,21-/m0/s1. The van der Waals surface area contributed by atoms with Crippen LogP contribution in [0.2, 0.25) is 0 Å². The van der Waals surface area contributed by atoms with Gasteiger partial charge in [-0.3, -0.25) is 14.4 Å². The van der Waals surface area contributed by atoms with Crippen molar-refractivity contribution >= 4 is 17.7 Å². The lowest BCUT2D eigenvalue weighted by atomic mass is 9.97. The van der Waals surface area contributed by atoms with Crippen molar-refractivity contribution in [2.24, 2.45) is 5.73 Å². The van der Waals surface area contributed by atoms with Gasteiger partial charge in [0.2, 0.25) is 17.7 Å². The predicted octanol–water partition coefficient (Wildman–Crippen LogP) is 1.88. The fourth-order valence-electron chi connectivity index (χ4n) is 4.75. The maximum Gasteiger partial charge on any atom is 0.246 e. The van der Waals surface area contributed by atoms with Gasteiger partial charge in [-0.15, -0.1) is 0 Å². The summed E-state index contributed by atoms with van der Waals surface area (Å²) in [6.45, 7) is 1.59. The van der Waals surface area contributed by atoms with Crippen LogP contribution in [-0.2, 0) is 14.4 Å². The fraction of sp³-hybridized carbons (Fsp3) is 0.400. The number of piperidine rings is 1. The molecule has 168 valence electrons. The molecule has 0 aromatic heterocycles. The van der Waals surface area contributed by atoms with E-state index >= 15 is 0 Å². The summed E-state index contributed by atoms with van der Waals surface area (Å²) >= 11 is 0. The molecule has 7 heteroatoms. The summed E-state index contributed by atoms with van der Waals surface area (Å²) in [5, 5.41) is 5.92. The van der Waals surface area contributed by atoms with Crippen molar-refractivity contribution in [3.63, 3.8) is 0 Å². The Kier molecular flexibility index (Phi) is 6.55. The molecule has 32 heavy (non-hydrogen) atoms. The lowest BCUT2D eigenvalue weighted by Crippen LogP contribution is -2.60. The zero-order chi connectivity index (χ0) is 22.7. The lowest BCUT2D eigenvalue weighted by molar-refractivity contribution is -0.146. The van der Waals surface area contributed by atoms with Crippen LogP contribution in [0.1, 0.15) is 49.8 Å². The highest BCUT2D eigenvalue weighted by molar-refractivity contribution is 5.94. The maximum atomic E-state index is 13.4. The number of nitrogens with two attached hydrogens (primary N) is 1. The van der Waals surface area contributed by atoms with E-state index in [0.29, 0.717) is 12.8 Å². The summed E-state index contributed by atoms with van der Waals surface area (Å²) in [5.41, 5.74) is 7.61. The van der Waals surface area contributed by atoms with E-state index in [-0.39, 0.29) is 29.8 Å². The minimum absolute atomic E-state index is 0.0357. The zero-order valence-corrected chi connectivity index (χ0v) is 18.2. The molecule has 0 aliphatic carbocycles. The number of rotatable bonds is 6. The number of nitrogens with zero attached hydrogens (tertiary/aromatic N) is 1. The molecule has 0 radical (unpaired) electrons. The van der Waals surface area contributed by atoms with Crippen LogP contribution < -0.4 is 16.4 Å². The number of nitrogens with one attached hydrogen (secondary N) is 2. The third-order valence-electron chi connectivity index (χ3n) is 6.43. The molecule has 7 nitrogen and oxygen atoms in total. The Morgan fingerprint density at radius 1 is 0.938 bits per heavy atom. The van der Waals surface area contributed by atoms with Crippen molar-refractivity contribution < 1.29 is 14.4 Å². The molecule has 2 heterocycles. The second-order valence-corrected chi connectivity index (χ2v) is 8.68. The lowest BCUT2D eigenvalue weighted by Gasteiger charge is -2.38. The van der Waals surface area contributed by atoms with E-state index in [1.165, 1.54) is 0 Å². The second-order valence-electron chi connectivity index (χ2n) is 8.68. The highest BCUT2D eigenvalue weighted by Gasteiger charge is 2.46. The van der Waals surface area contributed by atoms with E-state index in [2.05, 4.69) is 10.6 Å². The van der Waals surface area contributed by atoms with Crippen LogP contribution in [0.25, 0.3) is 0 Å². The van der Waals surface area contributed by atoms with Crippen LogP contribution in [0.4, 0.5) is 0 Å². The van der Waals surface area contributed by atoms with Crippen molar-refractivity contribution in [2.45, 2.75) is 62.8 Å². The molecule has 0 saturated carbocycles. The van der Waals surface area contributed by atoms with Crippen molar-refractivity contribution in [1.29, 1.82) is 0 Å². The van der Waals surface area contributed by atoms with Crippen LogP contribution in [0.5, 0.6) is 0 Å². The topological polar surface area (TPSA) is 105 Å². The molecule has 2 saturated heterocycles. The van der Waals surface area contributed by atoms with Gasteiger partial charge in [0.25, 0.3) is 0 Å². The molecular weight excluding hydrogens is 404 g/mol. The zero-order valence-electron chi connectivity index (χ0n) is 18.2. The van der Waals surface area contributed by atoms with Gasteiger partial charge < -0.3 is 21.3 Å². The Hall–Kier alpha value is -3.19. The second kappa shape index (κ2) is 9.53. The molecule has 2 aliphatic heterocycles. The van der Waals surface area contributed by atoms with Gasteiger partial charge in [-0.2, -0.15) is 0 Å². The third kappa shape index (κ3) is 4.53. The summed E-state index contributed by atoms with van der Waals surface area (Å²) in [7, 11) is 0. The molecule has 3 amide bonds. The van der Waals surface area contributed by atoms with Gasteiger partial charge in [0.15, 0.2) is 0 Å². The summed E-state index contributed by atoms with van der Waals surface area (Å²) in [6, 6.07) is 17.5. The van der Waals surface area contributed by atoms with Crippen molar-refractivity contribution in [2.75, 3.05) is 0 Å². The first-order valence-corrected chi connectivity index (χ1v) is 11.2. The smallest absolute Gasteiger partial charge is 0.246 e. The molecular formula is C25H30N4O3. The molecule has 4 N–H and O–H groups in total. The van der Waals surface area contributed by atoms with E-state index < -0.39 is 18.1 Å².